The summed E-state index contributed by atoms with van der Waals surface area (Å²) in [6, 6.07) is 1.65. The quantitative estimate of drug-likeness (QED) is 0.636. The summed E-state index contributed by atoms with van der Waals surface area (Å²) in [6.45, 7) is 0. The van der Waals surface area contributed by atoms with Crippen LogP contribution in [0.3, 0.4) is 0 Å². The lowest BCUT2D eigenvalue weighted by atomic mass is 10.1. The van der Waals surface area contributed by atoms with E-state index in [1.807, 2.05) is 0 Å². The largest absolute Gasteiger partial charge is 0.504 e. The van der Waals surface area contributed by atoms with Crippen molar-refractivity contribution in [1.29, 1.82) is 0 Å². The van der Waals surface area contributed by atoms with Crippen LogP contribution in [-0.4, -0.2) is 22.4 Å². The van der Waals surface area contributed by atoms with Gasteiger partial charge in [-0.25, -0.2) is 0 Å². The molecule has 1 rings (SSSR count). The molecule has 0 fully saturated rings. The molecule has 16 heavy (non-hydrogen) atoms. The zero-order chi connectivity index (χ0) is 12.3. The molecule has 0 aliphatic heterocycles. The van der Waals surface area contributed by atoms with E-state index < -0.39 is 0 Å². The third-order valence-electron chi connectivity index (χ3n) is 2.05. The van der Waals surface area contributed by atoms with Gasteiger partial charge in [-0.3, -0.25) is 0 Å². The molecule has 0 saturated carbocycles. The second-order valence-electron chi connectivity index (χ2n) is 3.16. The number of ether oxygens (including phenoxy) is 1. The van der Waals surface area contributed by atoms with E-state index in [1.54, 1.807) is 6.07 Å². The zero-order valence-corrected chi connectivity index (χ0v) is 14.8. The molecule has 6 heteroatoms. The summed E-state index contributed by atoms with van der Waals surface area (Å²) in [5.41, 5.74) is 1.07. The van der Waals surface area contributed by atoms with Gasteiger partial charge in [-0.15, -0.1) is 0 Å². The lowest BCUT2D eigenvalue weighted by Crippen LogP contribution is -2.05. The number of aromatic hydroxyl groups is 1. The van der Waals surface area contributed by atoms with Gasteiger partial charge in [-0.05, 0) is 34.0 Å². The van der Waals surface area contributed by atoms with Crippen LogP contribution >= 0.6 is 63.7 Å². The van der Waals surface area contributed by atoms with E-state index in [0.717, 1.165) is 26.3 Å². The van der Waals surface area contributed by atoms with E-state index in [-0.39, 0.29) is 5.75 Å². The Balaban J connectivity index is 3.17. The van der Waals surface area contributed by atoms with Gasteiger partial charge in [-0.1, -0.05) is 47.8 Å². The van der Waals surface area contributed by atoms with Crippen molar-refractivity contribution in [2.24, 2.45) is 0 Å². The Morgan fingerprint density at radius 2 is 2.06 bits per heavy atom. The van der Waals surface area contributed by atoms with Crippen LogP contribution < -0.4 is 4.74 Å². The average Bonchev–Trinajstić information content (AvgIpc) is 2.24. The van der Waals surface area contributed by atoms with Gasteiger partial charge in [0.05, 0.1) is 11.6 Å². The molecule has 1 aromatic carbocycles. The second-order valence-corrected chi connectivity index (χ2v) is 6.75. The maximum absolute atomic E-state index is 9.68. The van der Waals surface area contributed by atoms with Crippen LogP contribution in [0, 0.1) is 0 Å². The molecule has 0 aliphatic rings. The van der Waals surface area contributed by atoms with Crippen LogP contribution in [0.15, 0.2) is 15.0 Å². The van der Waals surface area contributed by atoms with Crippen molar-refractivity contribution in [1.82, 2.24) is 0 Å². The molecule has 0 radical (unpaired) electrons. The molecule has 0 aromatic heterocycles. The molecule has 1 aromatic rings. The first-order chi connectivity index (χ1) is 7.51. The highest BCUT2D eigenvalue weighted by Gasteiger charge is 2.17. The molecule has 1 atom stereocenters. The Hall–Kier alpha value is 0.740. The SMILES string of the molecule is COc1c(O)cc(Br)c(CC(Br)CBr)c1Br. The predicted octanol–water partition coefficient (Wildman–Crippen LogP) is 4.63. The molecule has 1 unspecified atom stereocenters. The number of rotatable bonds is 4. The third-order valence-corrected chi connectivity index (χ3v) is 5.89. The van der Waals surface area contributed by atoms with Gasteiger partial charge in [0, 0.05) is 14.6 Å². The minimum absolute atomic E-state index is 0.120. The zero-order valence-electron chi connectivity index (χ0n) is 8.44. The van der Waals surface area contributed by atoms with E-state index in [9.17, 15) is 5.11 Å². The van der Waals surface area contributed by atoms with Gasteiger partial charge < -0.3 is 9.84 Å². The van der Waals surface area contributed by atoms with E-state index in [4.69, 9.17) is 4.74 Å². The summed E-state index contributed by atoms with van der Waals surface area (Å²) < 4.78 is 6.79. The monoisotopic (exact) mass is 478 g/mol. The summed E-state index contributed by atoms with van der Waals surface area (Å²) in [5.74, 6) is 0.586. The smallest absolute Gasteiger partial charge is 0.175 e. The Bertz CT molecular complexity index is 382. The van der Waals surface area contributed by atoms with E-state index in [2.05, 4.69) is 63.7 Å². The molecule has 0 bridgehead atoms. The van der Waals surface area contributed by atoms with Crippen molar-refractivity contribution >= 4 is 63.7 Å². The highest BCUT2D eigenvalue weighted by atomic mass is 79.9. The number of phenolic OH excluding ortho intramolecular Hbond substituents is 1. The van der Waals surface area contributed by atoms with Crippen molar-refractivity contribution in [3.63, 3.8) is 0 Å². The minimum Gasteiger partial charge on any atom is -0.504 e. The Labute approximate surface area is 128 Å². The summed E-state index contributed by atoms with van der Waals surface area (Å²) in [6.07, 6.45) is 0.822. The maximum Gasteiger partial charge on any atom is 0.175 e. The molecular weight excluding hydrogens is 472 g/mol. The summed E-state index contributed by atoms with van der Waals surface area (Å²) in [7, 11) is 1.54. The number of hydrogen-bond donors (Lipinski definition) is 1. The van der Waals surface area contributed by atoms with E-state index in [1.165, 1.54) is 7.11 Å². The van der Waals surface area contributed by atoms with Gasteiger partial charge >= 0.3 is 0 Å². The van der Waals surface area contributed by atoms with Crippen LogP contribution in [0.25, 0.3) is 0 Å². The van der Waals surface area contributed by atoms with Crippen LogP contribution in [0.5, 0.6) is 11.5 Å². The molecule has 0 saturated heterocycles. The molecular formula is C10H10Br4O2. The van der Waals surface area contributed by atoms with Gasteiger partial charge in [0.2, 0.25) is 0 Å². The molecule has 0 spiro atoms. The fourth-order valence-corrected chi connectivity index (χ4v) is 3.42. The average molecular weight is 482 g/mol. The number of phenols is 1. The van der Waals surface area contributed by atoms with Gasteiger partial charge in [0.1, 0.15) is 0 Å². The summed E-state index contributed by atoms with van der Waals surface area (Å²) in [5, 5.41) is 10.5. The molecule has 0 amide bonds. The molecule has 90 valence electrons. The normalized spacial score (nSPS) is 12.6. The van der Waals surface area contributed by atoms with Crippen molar-refractivity contribution < 1.29 is 9.84 Å². The highest BCUT2D eigenvalue weighted by molar-refractivity contribution is 9.12. The number of methoxy groups -OCH3 is 1. The fourth-order valence-electron chi connectivity index (χ4n) is 1.28. The van der Waals surface area contributed by atoms with Crippen molar-refractivity contribution in [3.05, 3.63) is 20.6 Å². The summed E-state index contributed by atoms with van der Waals surface area (Å²) in [4.78, 5) is 0.328. The Morgan fingerprint density at radius 3 is 2.56 bits per heavy atom. The topological polar surface area (TPSA) is 29.5 Å². The first-order valence-electron chi connectivity index (χ1n) is 4.45. The molecule has 1 N–H and O–H groups in total. The standard InChI is InChI=1S/C10H10Br4O2/c1-16-10-8(15)3-7(13)6(9(10)14)2-5(12)4-11/h3,5,15H,2,4H2,1H3. The maximum atomic E-state index is 9.68. The molecule has 0 heterocycles. The summed E-state index contributed by atoms with van der Waals surface area (Å²) >= 11 is 13.9. The fraction of sp³-hybridized carbons (Fsp3) is 0.400. The van der Waals surface area contributed by atoms with E-state index in [0.29, 0.717) is 10.6 Å². The van der Waals surface area contributed by atoms with Crippen molar-refractivity contribution in [2.45, 2.75) is 11.2 Å². The predicted molar refractivity (Wildman–Crippen MR) is 80.3 cm³/mol. The van der Waals surface area contributed by atoms with Crippen LogP contribution in [-0.2, 0) is 6.42 Å². The first kappa shape index (κ1) is 14.8. The first-order valence-corrected chi connectivity index (χ1v) is 8.07. The Morgan fingerprint density at radius 1 is 1.44 bits per heavy atom. The number of benzene rings is 1. The van der Waals surface area contributed by atoms with Crippen molar-refractivity contribution in [2.75, 3.05) is 12.4 Å². The number of hydrogen-bond acceptors (Lipinski definition) is 2. The van der Waals surface area contributed by atoms with Crippen molar-refractivity contribution in [3.8, 4) is 11.5 Å². The highest BCUT2D eigenvalue weighted by Crippen LogP contribution is 2.42. The minimum atomic E-state index is 0.120. The third kappa shape index (κ3) is 3.37. The number of alkyl halides is 2. The van der Waals surface area contributed by atoms with Gasteiger partial charge in [0.15, 0.2) is 11.5 Å². The van der Waals surface area contributed by atoms with Gasteiger partial charge in [-0.2, -0.15) is 0 Å². The Kier molecular flexibility index (Phi) is 6.12. The molecule has 2 nitrogen and oxygen atoms in total. The van der Waals surface area contributed by atoms with Crippen LogP contribution in [0.2, 0.25) is 0 Å². The van der Waals surface area contributed by atoms with Gasteiger partial charge in [0.25, 0.3) is 0 Å². The number of halogens is 4. The van der Waals surface area contributed by atoms with E-state index >= 15 is 0 Å². The second kappa shape index (κ2) is 6.61. The van der Waals surface area contributed by atoms with Crippen LogP contribution in [0.4, 0.5) is 0 Å². The van der Waals surface area contributed by atoms with Crippen LogP contribution in [0.1, 0.15) is 5.56 Å². The lowest BCUT2D eigenvalue weighted by molar-refractivity contribution is 0.370. The molecule has 0 aliphatic carbocycles. The lowest BCUT2D eigenvalue weighted by Gasteiger charge is -2.14.